The number of aliphatic carboxylic acids is 1. The van der Waals surface area contributed by atoms with Gasteiger partial charge in [-0.05, 0) is 24.3 Å². The first-order valence-corrected chi connectivity index (χ1v) is 7.61. The first-order chi connectivity index (χ1) is 8.54. The zero-order valence-electron chi connectivity index (χ0n) is 10.4. The lowest BCUT2D eigenvalue weighted by Gasteiger charge is -2.27. The zero-order chi connectivity index (χ0) is 13.6. The molecule has 0 atom stereocenters. The zero-order valence-corrected chi connectivity index (χ0v) is 12.1. The Morgan fingerprint density at radius 1 is 1.44 bits per heavy atom. The highest BCUT2D eigenvalue weighted by atomic mass is 32.2. The number of carbonyl (C=O) groups is 2. The minimum atomic E-state index is -1.13. The second kappa shape index (κ2) is 6.80. The molecule has 1 aromatic heterocycles. The number of carboxylic acids is 1. The van der Waals surface area contributed by atoms with E-state index in [1.54, 1.807) is 25.2 Å². The van der Waals surface area contributed by atoms with Crippen molar-refractivity contribution in [1.82, 2.24) is 5.32 Å². The van der Waals surface area contributed by atoms with Crippen LogP contribution in [0.5, 0.6) is 0 Å². The maximum atomic E-state index is 11.8. The molecule has 0 saturated carbocycles. The van der Waals surface area contributed by atoms with Crippen LogP contribution in [0.25, 0.3) is 0 Å². The SMILES string of the molecule is CCC(CC)(NC(=O)CSc1cccs1)C(=O)O. The van der Waals surface area contributed by atoms with Gasteiger partial charge in [0.2, 0.25) is 5.91 Å². The summed E-state index contributed by atoms with van der Waals surface area (Å²) in [6.07, 6.45) is 0.766. The van der Waals surface area contributed by atoms with Crippen LogP contribution in [0.2, 0.25) is 0 Å². The Bertz CT molecular complexity index is 399. The van der Waals surface area contributed by atoms with E-state index in [2.05, 4.69) is 5.32 Å². The number of rotatable bonds is 7. The molecule has 0 spiro atoms. The van der Waals surface area contributed by atoms with Gasteiger partial charge >= 0.3 is 5.97 Å². The van der Waals surface area contributed by atoms with Crippen molar-refractivity contribution in [3.8, 4) is 0 Å². The van der Waals surface area contributed by atoms with Crippen LogP contribution in [0.15, 0.2) is 21.7 Å². The molecule has 100 valence electrons. The van der Waals surface area contributed by atoms with Gasteiger partial charge in [0.15, 0.2) is 0 Å². The molecule has 0 radical (unpaired) electrons. The molecule has 0 aliphatic rings. The fourth-order valence-electron chi connectivity index (χ4n) is 1.57. The largest absolute Gasteiger partial charge is 0.480 e. The maximum absolute atomic E-state index is 11.8. The third-order valence-corrected chi connectivity index (χ3v) is 4.97. The normalized spacial score (nSPS) is 11.2. The Balaban J connectivity index is 2.54. The maximum Gasteiger partial charge on any atom is 0.329 e. The van der Waals surface area contributed by atoms with E-state index in [0.717, 1.165) is 4.21 Å². The average molecular weight is 287 g/mol. The summed E-state index contributed by atoms with van der Waals surface area (Å²) in [7, 11) is 0. The van der Waals surface area contributed by atoms with E-state index in [1.165, 1.54) is 11.8 Å². The predicted molar refractivity (Wildman–Crippen MR) is 74.1 cm³/mol. The van der Waals surface area contributed by atoms with E-state index in [1.807, 2.05) is 17.5 Å². The third kappa shape index (κ3) is 3.74. The van der Waals surface area contributed by atoms with Crippen LogP contribution in [0, 0.1) is 0 Å². The Morgan fingerprint density at radius 3 is 2.56 bits per heavy atom. The molecule has 0 aromatic carbocycles. The third-order valence-electron chi connectivity index (χ3n) is 2.84. The number of thiophene rings is 1. The van der Waals surface area contributed by atoms with Crippen LogP contribution < -0.4 is 5.32 Å². The van der Waals surface area contributed by atoms with E-state index in [-0.39, 0.29) is 11.7 Å². The van der Waals surface area contributed by atoms with Gasteiger partial charge in [0.05, 0.1) is 9.96 Å². The summed E-state index contributed by atoms with van der Waals surface area (Å²) in [6, 6.07) is 3.86. The lowest BCUT2D eigenvalue weighted by atomic mass is 9.93. The second-order valence-corrected chi connectivity index (χ2v) is 6.09. The Hall–Kier alpha value is -1.01. The predicted octanol–water partition coefficient (Wildman–Crippen LogP) is 2.60. The van der Waals surface area contributed by atoms with E-state index >= 15 is 0 Å². The van der Waals surface area contributed by atoms with Crippen molar-refractivity contribution in [3.63, 3.8) is 0 Å². The summed E-state index contributed by atoms with van der Waals surface area (Å²) in [5, 5.41) is 13.8. The summed E-state index contributed by atoms with van der Waals surface area (Å²) in [6.45, 7) is 3.54. The van der Waals surface area contributed by atoms with Crippen LogP contribution in [0.3, 0.4) is 0 Å². The molecule has 1 amide bonds. The van der Waals surface area contributed by atoms with Gasteiger partial charge in [-0.2, -0.15) is 0 Å². The van der Waals surface area contributed by atoms with Gasteiger partial charge in [-0.3, -0.25) is 4.79 Å². The van der Waals surface area contributed by atoms with Crippen molar-refractivity contribution in [2.24, 2.45) is 0 Å². The van der Waals surface area contributed by atoms with E-state index < -0.39 is 11.5 Å². The Kier molecular flexibility index (Phi) is 5.68. The molecule has 2 N–H and O–H groups in total. The van der Waals surface area contributed by atoms with E-state index in [9.17, 15) is 14.7 Å². The molecule has 0 unspecified atom stereocenters. The Labute approximate surface area is 115 Å². The quantitative estimate of drug-likeness (QED) is 0.757. The summed E-state index contributed by atoms with van der Waals surface area (Å²) in [4.78, 5) is 23.0. The number of carboxylic acid groups (broad SMARTS) is 1. The molecule has 0 aliphatic heterocycles. The van der Waals surface area contributed by atoms with Gasteiger partial charge in [0.25, 0.3) is 0 Å². The molecule has 0 fully saturated rings. The summed E-state index contributed by atoms with van der Waals surface area (Å²) in [5.74, 6) is -0.961. The van der Waals surface area contributed by atoms with Crippen molar-refractivity contribution in [1.29, 1.82) is 0 Å². The lowest BCUT2D eigenvalue weighted by Crippen LogP contribution is -2.54. The minimum absolute atomic E-state index is 0.237. The van der Waals surface area contributed by atoms with Crippen LogP contribution in [-0.4, -0.2) is 28.3 Å². The van der Waals surface area contributed by atoms with Gasteiger partial charge in [-0.1, -0.05) is 19.9 Å². The fourth-order valence-corrected chi connectivity index (χ4v) is 3.15. The molecule has 1 rings (SSSR count). The summed E-state index contributed by atoms with van der Waals surface area (Å²) in [5.41, 5.74) is -1.13. The van der Waals surface area contributed by atoms with Crippen molar-refractivity contribution in [2.75, 3.05) is 5.75 Å². The Morgan fingerprint density at radius 2 is 2.11 bits per heavy atom. The topological polar surface area (TPSA) is 66.4 Å². The van der Waals surface area contributed by atoms with Crippen molar-refractivity contribution in [3.05, 3.63) is 17.5 Å². The molecule has 0 aliphatic carbocycles. The number of nitrogens with one attached hydrogen (secondary N) is 1. The highest BCUT2D eigenvalue weighted by Crippen LogP contribution is 2.23. The smallest absolute Gasteiger partial charge is 0.329 e. The van der Waals surface area contributed by atoms with Crippen LogP contribution in [0.4, 0.5) is 0 Å². The standard InChI is InChI=1S/C12H17NO3S2/c1-3-12(4-2,11(15)16)13-9(14)8-18-10-6-5-7-17-10/h5-7H,3-4,8H2,1-2H3,(H,13,14)(H,15,16). The van der Waals surface area contributed by atoms with Crippen molar-refractivity contribution < 1.29 is 14.7 Å². The lowest BCUT2D eigenvalue weighted by molar-refractivity contribution is -0.147. The first kappa shape index (κ1) is 15.0. The number of hydrogen-bond donors (Lipinski definition) is 2. The molecule has 1 aromatic rings. The molecule has 6 heteroatoms. The first-order valence-electron chi connectivity index (χ1n) is 5.74. The van der Waals surface area contributed by atoms with Crippen molar-refractivity contribution >= 4 is 35.0 Å². The van der Waals surface area contributed by atoms with Gasteiger partial charge in [0.1, 0.15) is 5.54 Å². The number of thioether (sulfide) groups is 1. The molecular weight excluding hydrogens is 270 g/mol. The van der Waals surface area contributed by atoms with Crippen LogP contribution in [0.1, 0.15) is 26.7 Å². The molecular formula is C12H17NO3S2. The van der Waals surface area contributed by atoms with Crippen molar-refractivity contribution in [2.45, 2.75) is 36.4 Å². The number of hydrogen-bond acceptors (Lipinski definition) is 4. The molecule has 18 heavy (non-hydrogen) atoms. The van der Waals surface area contributed by atoms with Crippen LogP contribution in [-0.2, 0) is 9.59 Å². The average Bonchev–Trinajstić information content (AvgIpc) is 2.86. The van der Waals surface area contributed by atoms with Crippen LogP contribution >= 0.6 is 23.1 Å². The van der Waals surface area contributed by atoms with Gasteiger partial charge < -0.3 is 10.4 Å². The van der Waals surface area contributed by atoms with Gasteiger partial charge in [-0.15, -0.1) is 23.1 Å². The van der Waals surface area contributed by atoms with Gasteiger partial charge in [0, 0.05) is 0 Å². The van der Waals surface area contributed by atoms with E-state index in [4.69, 9.17) is 0 Å². The van der Waals surface area contributed by atoms with Gasteiger partial charge in [-0.25, -0.2) is 4.79 Å². The minimum Gasteiger partial charge on any atom is -0.480 e. The molecule has 1 heterocycles. The fraction of sp³-hybridized carbons (Fsp3) is 0.500. The molecule has 0 saturated heterocycles. The number of amides is 1. The highest BCUT2D eigenvalue weighted by Gasteiger charge is 2.36. The second-order valence-electron chi connectivity index (χ2n) is 3.86. The summed E-state index contributed by atoms with van der Waals surface area (Å²) < 4.78 is 1.05. The van der Waals surface area contributed by atoms with E-state index in [0.29, 0.717) is 12.8 Å². The number of carbonyl (C=O) groups excluding carboxylic acids is 1. The summed E-state index contributed by atoms with van der Waals surface area (Å²) >= 11 is 2.99. The monoisotopic (exact) mass is 287 g/mol. The molecule has 0 bridgehead atoms. The molecule has 4 nitrogen and oxygen atoms in total. The highest BCUT2D eigenvalue weighted by molar-refractivity contribution is 8.01.